The summed E-state index contributed by atoms with van der Waals surface area (Å²) >= 11 is 0. The van der Waals surface area contributed by atoms with Gasteiger partial charge in [0.25, 0.3) is 0 Å². The van der Waals surface area contributed by atoms with Gasteiger partial charge in [-0.2, -0.15) is 0 Å². The van der Waals surface area contributed by atoms with Crippen LogP contribution in [-0.4, -0.2) is 19.1 Å². The maximum atomic E-state index is 5.01. The fourth-order valence-electron chi connectivity index (χ4n) is 7.45. The van der Waals surface area contributed by atoms with E-state index in [1.165, 1.54) is 43.4 Å². The molecule has 7 aromatic carbocycles. The summed E-state index contributed by atoms with van der Waals surface area (Å²) in [6, 6.07) is 52.2. The molecule has 0 aliphatic heterocycles. The summed E-state index contributed by atoms with van der Waals surface area (Å²) in [7, 11) is 0. The standard InChI is InChI=1S/C42H26N4/c1-2-13-29(14-3-1)45-36-19-9-7-16-33(36)40-31(17-10-20-37(40)45)32-21-22-38(42-41(32)43-23-24-44-42)46-35-18-8-6-15-30(35)34-25-27-11-4-5-12-28(27)26-39(34)46/h1-26H. The molecular weight excluding hydrogens is 560 g/mol. The second kappa shape index (κ2) is 9.62. The van der Waals surface area contributed by atoms with Crippen LogP contribution >= 0.6 is 0 Å². The minimum absolute atomic E-state index is 0.875. The van der Waals surface area contributed by atoms with Crippen molar-refractivity contribution < 1.29 is 0 Å². The van der Waals surface area contributed by atoms with Crippen molar-refractivity contribution in [1.29, 1.82) is 0 Å². The van der Waals surface area contributed by atoms with Crippen LogP contribution < -0.4 is 0 Å². The van der Waals surface area contributed by atoms with Crippen molar-refractivity contribution in [3.05, 3.63) is 158 Å². The first kappa shape index (κ1) is 25.1. The van der Waals surface area contributed by atoms with Gasteiger partial charge in [-0.05, 0) is 70.9 Å². The van der Waals surface area contributed by atoms with Gasteiger partial charge in [0.15, 0.2) is 0 Å². The number of benzene rings is 7. The van der Waals surface area contributed by atoms with Gasteiger partial charge < -0.3 is 9.13 Å². The average molecular weight is 587 g/mol. The van der Waals surface area contributed by atoms with Gasteiger partial charge in [-0.25, -0.2) is 0 Å². The van der Waals surface area contributed by atoms with E-state index in [9.17, 15) is 0 Å². The maximum absolute atomic E-state index is 5.01. The number of para-hydroxylation sites is 3. The lowest BCUT2D eigenvalue weighted by Gasteiger charge is -2.14. The van der Waals surface area contributed by atoms with Crippen molar-refractivity contribution in [1.82, 2.24) is 19.1 Å². The zero-order chi connectivity index (χ0) is 30.2. The second-order valence-corrected chi connectivity index (χ2v) is 11.8. The molecule has 3 aromatic heterocycles. The van der Waals surface area contributed by atoms with Crippen LogP contribution in [-0.2, 0) is 0 Å². The zero-order valence-electron chi connectivity index (χ0n) is 24.8. The number of fused-ring (bicyclic) bond motifs is 8. The predicted molar refractivity (Wildman–Crippen MR) is 191 cm³/mol. The Morgan fingerprint density at radius 1 is 0.391 bits per heavy atom. The number of rotatable bonds is 3. The molecule has 0 aliphatic rings. The van der Waals surface area contributed by atoms with Gasteiger partial charge in [0.1, 0.15) is 5.52 Å². The topological polar surface area (TPSA) is 35.6 Å². The molecule has 0 aliphatic carbocycles. The quantitative estimate of drug-likeness (QED) is 0.206. The molecule has 0 unspecified atom stereocenters. The van der Waals surface area contributed by atoms with Gasteiger partial charge in [0.2, 0.25) is 0 Å². The third-order valence-electron chi connectivity index (χ3n) is 9.39. The third kappa shape index (κ3) is 3.49. The molecule has 0 N–H and O–H groups in total. The Kier molecular flexibility index (Phi) is 5.25. The van der Waals surface area contributed by atoms with Gasteiger partial charge in [-0.3, -0.25) is 9.97 Å². The van der Waals surface area contributed by atoms with Crippen molar-refractivity contribution in [2.45, 2.75) is 0 Å². The lowest BCUT2D eigenvalue weighted by molar-refractivity contribution is 1.17. The Morgan fingerprint density at radius 3 is 1.87 bits per heavy atom. The Balaban J connectivity index is 1.29. The first-order chi connectivity index (χ1) is 22.8. The number of hydrogen-bond acceptors (Lipinski definition) is 2. The van der Waals surface area contributed by atoms with Crippen LogP contribution in [0.3, 0.4) is 0 Å². The van der Waals surface area contributed by atoms with Gasteiger partial charge in [0.05, 0.1) is 33.3 Å². The van der Waals surface area contributed by atoms with Crippen LogP contribution in [0.5, 0.6) is 0 Å². The molecule has 0 atom stereocenters. The van der Waals surface area contributed by atoms with Crippen LogP contribution in [0.2, 0.25) is 0 Å². The molecule has 0 saturated heterocycles. The molecule has 0 spiro atoms. The number of aromatic nitrogens is 4. The molecule has 0 bridgehead atoms. The summed E-state index contributed by atoms with van der Waals surface area (Å²) in [6.45, 7) is 0. The smallest absolute Gasteiger partial charge is 0.113 e. The molecule has 10 aromatic rings. The first-order valence-corrected chi connectivity index (χ1v) is 15.6. The normalized spacial score (nSPS) is 11.9. The molecule has 214 valence electrons. The molecule has 46 heavy (non-hydrogen) atoms. The van der Waals surface area contributed by atoms with E-state index in [1.54, 1.807) is 6.20 Å². The minimum Gasteiger partial charge on any atom is -0.309 e. The highest BCUT2D eigenvalue weighted by Crippen LogP contribution is 2.42. The molecule has 4 heteroatoms. The lowest BCUT2D eigenvalue weighted by Crippen LogP contribution is -1.99. The van der Waals surface area contributed by atoms with Crippen molar-refractivity contribution in [2.24, 2.45) is 0 Å². The molecule has 0 radical (unpaired) electrons. The lowest BCUT2D eigenvalue weighted by atomic mass is 9.97. The zero-order valence-corrected chi connectivity index (χ0v) is 24.8. The van der Waals surface area contributed by atoms with Crippen LogP contribution in [0, 0.1) is 0 Å². The van der Waals surface area contributed by atoms with E-state index in [1.807, 2.05) is 6.20 Å². The minimum atomic E-state index is 0.875. The van der Waals surface area contributed by atoms with E-state index in [0.29, 0.717) is 0 Å². The summed E-state index contributed by atoms with van der Waals surface area (Å²) in [6.07, 6.45) is 3.61. The van der Waals surface area contributed by atoms with E-state index in [4.69, 9.17) is 9.97 Å². The van der Waals surface area contributed by atoms with Crippen LogP contribution in [0.25, 0.3) is 87.9 Å². The summed E-state index contributed by atoms with van der Waals surface area (Å²) in [4.78, 5) is 10.0. The summed E-state index contributed by atoms with van der Waals surface area (Å²) in [5, 5.41) is 7.34. The summed E-state index contributed by atoms with van der Waals surface area (Å²) in [5.74, 6) is 0. The van der Waals surface area contributed by atoms with Crippen LogP contribution in [0.4, 0.5) is 0 Å². The highest BCUT2D eigenvalue weighted by atomic mass is 15.0. The Labute approximate surface area is 264 Å². The van der Waals surface area contributed by atoms with Crippen molar-refractivity contribution in [3.63, 3.8) is 0 Å². The molecule has 4 nitrogen and oxygen atoms in total. The molecule has 0 amide bonds. The monoisotopic (exact) mass is 586 g/mol. The first-order valence-electron chi connectivity index (χ1n) is 15.6. The van der Waals surface area contributed by atoms with E-state index in [-0.39, 0.29) is 0 Å². The predicted octanol–water partition coefficient (Wildman–Crippen LogP) is 10.6. The fourth-order valence-corrected chi connectivity index (χ4v) is 7.45. The van der Waals surface area contributed by atoms with E-state index in [0.717, 1.165) is 44.6 Å². The molecule has 0 fully saturated rings. The second-order valence-electron chi connectivity index (χ2n) is 11.8. The summed E-state index contributed by atoms with van der Waals surface area (Å²) < 4.78 is 4.72. The largest absolute Gasteiger partial charge is 0.309 e. The van der Waals surface area contributed by atoms with Gasteiger partial charge in [-0.15, -0.1) is 0 Å². The van der Waals surface area contributed by atoms with Crippen LogP contribution in [0.15, 0.2) is 158 Å². The van der Waals surface area contributed by atoms with Crippen molar-refractivity contribution in [2.75, 3.05) is 0 Å². The summed E-state index contributed by atoms with van der Waals surface area (Å²) in [5.41, 5.74) is 10.8. The molecular formula is C42H26N4. The average Bonchev–Trinajstić information content (AvgIpc) is 3.63. The Bertz CT molecular complexity index is 2810. The third-order valence-corrected chi connectivity index (χ3v) is 9.39. The van der Waals surface area contributed by atoms with E-state index in [2.05, 4.69) is 155 Å². The van der Waals surface area contributed by atoms with Crippen LogP contribution in [0.1, 0.15) is 0 Å². The van der Waals surface area contributed by atoms with Crippen molar-refractivity contribution in [3.8, 4) is 22.5 Å². The number of nitrogens with zero attached hydrogens (tertiary/aromatic N) is 4. The van der Waals surface area contributed by atoms with Crippen molar-refractivity contribution >= 4 is 65.4 Å². The van der Waals surface area contributed by atoms with Gasteiger partial charge in [-0.1, -0.05) is 91.0 Å². The Morgan fingerprint density at radius 2 is 1.04 bits per heavy atom. The SMILES string of the molecule is c1ccc(-n2c3ccccc3c3c(-c4ccc(-n5c6ccccc6c6cc7ccccc7cc65)c5nccnc45)cccc32)cc1. The van der Waals surface area contributed by atoms with E-state index < -0.39 is 0 Å². The maximum Gasteiger partial charge on any atom is 0.113 e. The molecule has 10 rings (SSSR count). The molecule has 3 heterocycles. The highest BCUT2D eigenvalue weighted by molar-refractivity contribution is 6.18. The highest BCUT2D eigenvalue weighted by Gasteiger charge is 2.21. The van der Waals surface area contributed by atoms with Gasteiger partial charge in [0, 0.05) is 45.2 Å². The molecule has 0 saturated carbocycles. The fraction of sp³-hybridized carbons (Fsp3) is 0. The van der Waals surface area contributed by atoms with Gasteiger partial charge >= 0.3 is 0 Å². The number of hydrogen-bond donors (Lipinski definition) is 0. The van der Waals surface area contributed by atoms with E-state index >= 15 is 0 Å². The Hall–Kier alpha value is -6.26.